The molecule has 1 aliphatic heterocycles. The molecule has 3 heterocycles. The lowest BCUT2D eigenvalue weighted by atomic mass is 10.3. The Bertz CT molecular complexity index is 461. The van der Waals surface area contributed by atoms with E-state index in [1.165, 1.54) is 6.39 Å². The van der Waals surface area contributed by atoms with Gasteiger partial charge in [-0.1, -0.05) is 0 Å². The summed E-state index contributed by atoms with van der Waals surface area (Å²) in [6, 6.07) is 1.98. The van der Waals surface area contributed by atoms with E-state index in [1.807, 2.05) is 6.07 Å². The van der Waals surface area contributed by atoms with Crippen molar-refractivity contribution in [3.63, 3.8) is 0 Å². The fourth-order valence-corrected chi connectivity index (χ4v) is 1.92. The van der Waals surface area contributed by atoms with Crippen LogP contribution in [0.25, 0.3) is 11.2 Å². The van der Waals surface area contributed by atoms with Gasteiger partial charge in [0.05, 0.1) is 5.69 Å². The van der Waals surface area contributed by atoms with E-state index in [4.69, 9.17) is 4.42 Å². The summed E-state index contributed by atoms with van der Waals surface area (Å²) in [5.41, 5.74) is 2.57. The van der Waals surface area contributed by atoms with Gasteiger partial charge >= 0.3 is 0 Å². The van der Waals surface area contributed by atoms with Crippen LogP contribution in [0.5, 0.6) is 0 Å². The van der Waals surface area contributed by atoms with Crippen molar-refractivity contribution in [2.45, 2.75) is 0 Å². The molecule has 0 radical (unpaired) electrons. The SMILES string of the molecule is c1cc(N2CCNCC2)c2ocnc2n1. The highest BCUT2D eigenvalue weighted by molar-refractivity contribution is 5.83. The number of hydrogen-bond donors (Lipinski definition) is 1. The van der Waals surface area contributed by atoms with Gasteiger partial charge in [0.1, 0.15) is 0 Å². The Morgan fingerprint density at radius 2 is 2.13 bits per heavy atom. The topological polar surface area (TPSA) is 54.2 Å². The van der Waals surface area contributed by atoms with Crippen molar-refractivity contribution in [2.75, 3.05) is 31.1 Å². The maximum Gasteiger partial charge on any atom is 0.200 e. The highest BCUT2D eigenvalue weighted by atomic mass is 16.3. The smallest absolute Gasteiger partial charge is 0.200 e. The second-order valence-electron chi connectivity index (χ2n) is 3.57. The summed E-state index contributed by atoms with van der Waals surface area (Å²) in [5, 5.41) is 3.32. The summed E-state index contributed by atoms with van der Waals surface area (Å²) in [4.78, 5) is 10.5. The Kier molecular flexibility index (Phi) is 2.03. The molecule has 2 aromatic heterocycles. The first-order valence-electron chi connectivity index (χ1n) is 5.09. The molecule has 1 fully saturated rings. The molecule has 0 unspecified atom stereocenters. The number of nitrogens with one attached hydrogen (secondary N) is 1. The van der Waals surface area contributed by atoms with E-state index < -0.39 is 0 Å². The number of fused-ring (bicyclic) bond motifs is 1. The van der Waals surface area contributed by atoms with Crippen molar-refractivity contribution in [3.8, 4) is 0 Å². The zero-order valence-electron chi connectivity index (χ0n) is 8.31. The fourth-order valence-electron chi connectivity index (χ4n) is 1.92. The third-order valence-corrected chi connectivity index (χ3v) is 2.67. The molecule has 0 spiro atoms. The third kappa shape index (κ3) is 1.45. The fraction of sp³-hybridized carbons (Fsp3) is 0.400. The first-order chi connectivity index (χ1) is 7.45. The zero-order chi connectivity index (χ0) is 10.1. The van der Waals surface area contributed by atoms with E-state index in [-0.39, 0.29) is 0 Å². The largest absolute Gasteiger partial charge is 0.440 e. The van der Waals surface area contributed by atoms with Crippen molar-refractivity contribution in [3.05, 3.63) is 18.7 Å². The van der Waals surface area contributed by atoms with E-state index in [1.54, 1.807) is 6.20 Å². The maximum atomic E-state index is 5.37. The lowest BCUT2D eigenvalue weighted by molar-refractivity contribution is 0.575. The molecular weight excluding hydrogens is 192 g/mol. The quantitative estimate of drug-likeness (QED) is 0.738. The summed E-state index contributed by atoms with van der Waals surface area (Å²) >= 11 is 0. The van der Waals surface area contributed by atoms with Crippen LogP contribution in [0.3, 0.4) is 0 Å². The first kappa shape index (κ1) is 8.67. The van der Waals surface area contributed by atoms with Crippen LogP contribution in [-0.2, 0) is 0 Å². The molecule has 1 N–H and O–H groups in total. The number of pyridine rings is 1. The monoisotopic (exact) mass is 204 g/mol. The minimum atomic E-state index is 0.686. The van der Waals surface area contributed by atoms with Crippen LogP contribution in [0.4, 0.5) is 5.69 Å². The summed E-state index contributed by atoms with van der Waals surface area (Å²) < 4.78 is 5.37. The number of anilines is 1. The van der Waals surface area contributed by atoms with E-state index in [0.29, 0.717) is 5.65 Å². The van der Waals surface area contributed by atoms with Gasteiger partial charge in [0.25, 0.3) is 0 Å². The summed E-state index contributed by atoms with van der Waals surface area (Å²) in [6.45, 7) is 4.02. The van der Waals surface area contributed by atoms with Crippen LogP contribution in [0.1, 0.15) is 0 Å². The molecular formula is C10H12N4O. The number of nitrogens with zero attached hydrogens (tertiary/aromatic N) is 3. The number of aromatic nitrogens is 2. The highest BCUT2D eigenvalue weighted by Gasteiger charge is 2.15. The van der Waals surface area contributed by atoms with Gasteiger partial charge in [-0.25, -0.2) is 4.98 Å². The van der Waals surface area contributed by atoms with Crippen LogP contribution in [0.15, 0.2) is 23.1 Å². The van der Waals surface area contributed by atoms with E-state index >= 15 is 0 Å². The molecule has 0 amide bonds. The van der Waals surface area contributed by atoms with Crippen LogP contribution in [0, 0.1) is 0 Å². The van der Waals surface area contributed by atoms with Gasteiger partial charge in [0.2, 0.25) is 5.65 Å². The van der Waals surface area contributed by atoms with E-state index in [9.17, 15) is 0 Å². The van der Waals surface area contributed by atoms with Crippen LogP contribution in [-0.4, -0.2) is 36.1 Å². The summed E-state index contributed by atoms with van der Waals surface area (Å²) in [6.07, 6.45) is 3.23. The second-order valence-corrected chi connectivity index (χ2v) is 3.57. The molecule has 3 rings (SSSR count). The number of piperazine rings is 1. The molecule has 2 aromatic rings. The molecule has 0 atom stereocenters. The van der Waals surface area contributed by atoms with E-state index in [0.717, 1.165) is 37.4 Å². The van der Waals surface area contributed by atoms with Gasteiger partial charge in [-0.3, -0.25) is 0 Å². The van der Waals surface area contributed by atoms with Crippen molar-refractivity contribution in [1.82, 2.24) is 15.3 Å². The Labute approximate surface area is 87.1 Å². The average Bonchev–Trinajstić information content (AvgIpc) is 2.78. The van der Waals surface area contributed by atoms with Gasteiger partial charge in [0, 0.05) is 32.4 Å². The van der Waals surface area contributed by atoms with Gasteiger partial charge in [0.15, 0.2) is 12.0 Å². The predicted molar refractivity (Wildman–Crippen MR) is 56.9 cm³/mol. The first-order valence-corrected chi connectivity index (χ1v) is 5.09. The lowest BCUT2D eigenvalue weighted by Gasteiger charge is -2.28. The second kappa shape index (κ2) is 3.51. The average molecular weight is 204 g/mol. The molecule has 0 aliphatic carbocycles. The van der Waals surface area contributed by atoms with Crippen LogP contribution in [0.2, 0.25) is 0 Å². The number of rotatable bonds is 1. The minimum absolute atomic E-state index is 0.686. The van der Waals surface area contributed by atoms with E-state index in [2.05, 4.69) is 20.2 Å². The summed E-state index contributed by atoms with van der Waals surface area (Å²) in [5.74, 6) is 0. The van der Waals surface area contributed by atoms with Crippen molar-refractivity contribution in [1.29, 1.82) is 0 Å². The Morgan fingerprint density at radius 1 is 1.27 bits per heavy atom. The van der Waals surface area contributed by atoms with Gasteiger partial charge in [-0.15, -0.1) is 0 Å². The van der Waals surface area contributed by atoms with Crippen LogP contribution >= 0.6 is 0 Å². The Morgan fingerprint density at radius 3 is 3.00 bits per heavy atom. The molecule has 5 nitrogen and oxygen atoms in total. The third-order valence-electron chi connectivity index (χ3n) is 2.67. The molecule has 15 heavy (non-hydrogen) atoms. The lowest BCUT2D eigenvalue weighted by Crippen LogP contribution is -2.43. The number of hydrogen-bond acceptors (Lipinski definition) is 5. The molecule has 78 valence electrons. The molecule has 0 aromatic carbocycles. The minimum Gasteiger partial charge on any atom is -0.440 e. The van der Waals surface area contributed by atoms with Crippen molar-refractivity contribution in [2.24, 2.45) is 0 Å². The van der Waals surface area contributed by atoms with Crippen molar-refractivity contribution >= 4 is 16.9 Å². The maximum absolute atomic E-state index is 5.37. The summed E-state index contributed by atoms with van der Waals surface area (Å²) in [7, 11) is 0. The number of oxazole rings is 1. The molecule has 5 heteroatoms. The molecule has 1 saturated heterocycles. The van der Waals surface area contributed by atoms with Crippen molar-refractivity contribution < 1.29 is 4.42 Å². The van der Waals surface area contributed by atoms with Gasteiger partial charge < -0.3 is 14.6 Å². The normalized spacial score (nSPS) is 17.2. The van der Waals surface area contributed by atoms with Crippen LogP contribution < -0.4 is 10.2 Å². The predicted octanol–water partition coefficient (Wildman–Crippen LogP) is 0.632. The Hall–Kier alpha value is -1.62. The van der Waals surface area contributed by atoms with Gasteiger partial charge in [-0.05, 0) is 6.07 Å². The zero-order valence-corrected chi connectivity index (χ0v) is 8.31. The standard InChI is InChI=1S/C10H12N4O/c1-2-12-10-9(15-7-13-10)8(1)14-5-3-11-4-6-14/h1-2,7,11H,3-6H2. The van der Waals surface area contributed by atoms with Gasteiger partial charge in [-0.2, -0.15) is 4.98 Å². The molecule has 1 aliphatic rings. The highest BCUT2D eigenvalue weighted by Crippen LogP contribution is 2.24. The Balaban J connectivity index is 2.05. The molecule has 0 bridgehead atoms. The molecule has 0 saturated carbocycles.